The highest BCUT2D eigenvalue weighted by Gasteiger charge is 2.49. The lowest BCUT2D eigenvalue weighted by atomic mass is 9.92. The predicted octanol–water partition coefficient (Wildman–Crippen LogP) is 2.39. The lowest BCUT2D eigenvalue weighted by molar-refractivity contribution is -0.134. The summed E-state index contributed by atoms with van der Waals surface area (Å²) in [5.74, 6) is -1.66. The first-order valence-corrected chi connectivity index (χ1v) is 10.6. The van der Waals surface area contributed by atoms with Crippen LogP contribution >= 0.6 is 0 Å². The molecule has 1 aliphatic heterocycles. The number of nitrogens with zero attached hydrogens (tertiary/aromatic N) is 2. The summed E-state index contributed by atoms with van der Waals surface area (Å²) in [4.78, 5) is 52.4. The van der Waals surface area contributed by atoms with Crippen molar-refractivity contribution in [2.75, 3.05) is 13.6 Å². The van der Waals surface area contributed by atoms with Crippen molar-refractivity contribution in [1.29, 1.82) is 0 Å². The molecule has 1 atom stereocenters. The summed E-state index contributed by atoms with van der Waals surface area (Å²) in [6, 6.07) is 11.5. The molecule has 1 saturated heterocycles. The van der Waals surface area contributed by atoms with Crippen LogP contribution < -0.4 is 10.6 Å². The fourth-order valence-corrected chi connectivity index (χ4v) is 3.42. The van der Waals surface area contributed by atoms with Crippen LogP contribution in [0.1, 0.15) is 42.3 Å². The molecule has 1 aliphatic rings. The molecule has 5 amide bonds. The van der Waals surface area contributed by atoms with Crippen molar-refractivity contribution < 1.29 is 23.6 Å². The average Bonchev–Trinajstić information content (AvgIpc) is 3.01. The molecule has 8 nitrogen and oxygen atoms in total. The van der Waals surface area contributed by atoms with Gasteiger partial charge >= 0.3 is 6.03 Å². The summed E-state index contributed by atoms with van der Waals surface area (Å²) in [5.41, 5.74) is 0.348. The molecule has 1 heterocycles. The zero-order valence-corrected chi connectivity index (χ0v) is 19.0. The molecule has 0 spiro atoms. The van der Waals surface area contributed by atoms with Crippen molar-refractivity contribution >= 4 is 23.8 Å². The molecule has 33 heavy (non-hydrogen) atoms. The molecule has 1 fully saturated rings. The third-order valence-electron chi connectivity index (χ3n) is 5.78. The van der Waals surface area contributed by atoms with Gasteiger partial charge in [-0.3, -0.25) is 19.3 Å². The highest BCUT2D eigenvalue weighted by Crippen LogP contribution is 2.28. The number of hydrogen-bond acceptors (Lipinski definition) is 4. The zero-order chi connectivity index (χ0) is 24.3. The first-order chi connectivity index (χ1) is 15.5. The van der Waals surface area contributed by atoms with E-state index < -0.39 is 35.7 Å². The van der Waals surface area contributed by atoms with Crippen LogP contribution in [0.4, 0.5) is 9.18 Å². The standard InChI is InChI=1S/C24H27FN4O4/c1-15(2)28(4)21(31)17-7-5-16(6-8-17)13-26-20(30)14-29-22(32)24(3,27-23(29)33)18-9-11-19(25)12-10-18/h5-12,15H,13-14H2,1-4H3,(H,26,30)(H,27,33). The number of benzene rings is 2. The van der Waals surface area contributed by atoms with Crippen molar-refractivity contribution in [2.24, 2.45) is 0 Å². The first kappa shape index (κ1) is 23.9. The Kier molecular flexibility index (Phi) is 6.81. The van der Waals surface area contributed by atoms with Gasteiger partial charge in [-0.15, -0.1) is 0 Å². The van der Waals surface area contributed by atoms with E-state index in [1.165, 1.54) is 31.2 Å². The van der Waals surface area contributed by atoms with Gasteiger partial charge in [-0.2, -0.15) is 0 Å². The van der Waals surface area contributed by atoms with Crippen LogP contribution in [-0.4, -0.2) is 53.2 Å². The Hall–Kier alpha value is -3.75. The maximum absolute atomic E-state index is 13.2. The van der Waals surface area contributed by atoms with Crippen LogP contribution in [0.15, 0.2) is 48.5 Å². The number of amides is 5. The summed E-state index contributed by atoms with van der Waals surface area (Å²) >= 11 is 0. The molecule has 0 bridgehead atoms. The smallest absolute Gasteiger partial charge is 0.325 e. The molecule has 1 unspecified atom stereocenters. The molecular formula is C24H27FN4O4. The highest BCUT2D eigenvalue weighted by molar-refractivity contribution is 6.09. The molecule has 0 aromatic heterocycles. The Morgan fingerprint density at radius 3 is 2.27 bits per heavy atom. The van der Waals surface area contributed by atoms with E-state index in [-0.39, 0.29) is 18.5 Å². The van der Waals surface area contributed by atoms with Crippen molar-refractivity contribution in [2.45, 2.75) is 38.9 Å². The van der Waals surface area contributed by atoms with E-state index in [1.807, 2.05) is 13.8 Å². The van der Waals surface area contributed by atoms with E-state index in [1.54, 1.807) is 36.2 Å². The van der Waals surface area contributed by atoms with E-state index in [9.17, 15) is 23.6 Å². The molecular weight excluding hydrogens is 427 g/mol. The predicted molar refractivity (Wildman–Crippen MR) is 120 cm³/mol. The Morgan fingerprint density at radius 1 is 1.09 bits per heavy atom. The number of hydrogen-bond donors (Lipinski definition) is 2. The fraction of sp³-hybridized carbons (Fsp3) is 0.333. The van der Waals surface area contributed by atoms with Gasteiger partial charge in [-0.05, 0) is 56.2 Å². The van der Waals surface area contributed by atoms with Crippen molar-refractivity contribution in [1.82, 2.24) is 20.4 Å². The van der Waals surface area contributed by atoms with Crippen molar-refractivity contribution in [3.05, 3.63) is 71.0 Å². The summed E-state index contributed by atoms with van der Waals surface area (Å²) in [5, 5.41) is 5.25. The second kappa shape index (κ2) is 9.40. The molecule has 0 radical (unpaired) electrons. The summed E-state index contributed by atoms with van der Waals surface area (Å²) in [6.07, 6.45) is 0. The maximum atomic E-state index is 13.2. The molecule has 3 rings (SSSR count). The number of urea groups is 1. The molecule has 0 aliphatic carbocycles. The first-order valence-electron chi connectivity index (χ1n) is 10.6. The van der Waals surface area contributed by atoms with Gasteiger partial charge in [0.05, 0.1) is 0 Å². The minimum Gasteiger partial charge on any atom is -0.350 e. The highest BCUT2D eigenvalue weighted by atomic mass is 19.1. The molecule has 2 aromatic carbocycles. The van der Waals surface area contributed by atoms with Crippen LogP contribution in [0.2, 0.25) is 0 Å². The zero-order valence-electron chi connectivity index (χ0n) is 19.0. The number of nitrogens with one attached hydrogen (secondary N) is 2. The number of carbonyl (C=O) groups is 4. The van der Waals surface area contributed by atoms with Crippen LogP contribution in [0.25, 0.3) is 0 Å². The van der Waals surface area contributed by atoms with Crippen LogP contribution in [0.3, 0.4) is 0 Å². The van der Waals surface area contributed by atoms with Gasteiger partial charge in [0, 0.05) is 25.2 Å². The topological polar surface area (TPSA) is 98.8 Å². The quantitative estimate of drug-likeness (QED) is 0.628. The van der Waals surface area contributed by atoms with E-state index in [0.29, 0.717) is 11.1 Å². The van der Waals surface area contributed by atoms with Gasteiger partial charge < -0.3 is 15.5 Å². The normalized spacial score (nSPS) is 17.8. The number of halogens is 1. The number of carbonyl (C=O) groups excluding carboxylic acids is 4. The lowest BCUT2D eigenvalue weighted by Crippen LogP contribution is -2.43. The number of imide groups is 1. The van der Waals surface area contributed by atoms with Gasteiger partial charge in [-0.25, -0.2) is 9.18 Å². The summed E-state index contributed by atoms with van der Waals surface area (Å²) in [7, 11) is 1.73. The Labute approximate surface area is 191 Å². The largest absolute Gasteiger partial charge is 0.350 e. The third-order valence-corrected chi connectivity index (χ3v) is 5.78. The van der Waals surface area contributed by atoms with E-state index >= 15 is 0 Å². The number of rotatable bonds is 7. The van der Waals surface area contributed by atoms with Crippen LogP contribution in [0.5, 0.6) is 0 Å². The van der Waals surface area contributed by atoms with Crippen LogP contribution in [-0.2, 0) is 21.7 Å². The van der Waals surface area contributed by atoms with E-state index in [2.05, 4.69) is 10.6 Å². The molecule has 2 aromatic rings. The lowest BCUT2D eigenvalue weighted by Gasteiger charge is -2.22. The minimum atomic E-state index is -1.38. The third kappa shape index (κ3) is 5.02. The maximum Gasteiger partial charge on any atom is 0.325 e. The second-order valence-corrected chi connectivity index (χ2v) is 8.44. The SMILES string of the molecule is CC(C)N(C)C(=O)c1ccc(CNC(=O)CN2C(=O)NC(C)(c3ccc(F)cc3)C2=O)cc1. The minimum absolute atomic E-state index is 0.0758. The monoisotopic (exact) mass is 454 g/mol. The second-order valence-electron chi connectivity index (χ2n) is 8.44. The van der Waals surface area contributed by atoms with Gasteiger partial charge in [0.15, 0.2) is 0 Å². The van der Waals surface area contributed by atoms with Crippen LogP contribution in [0, 0.1) is 5.82 Å². The van der Waals surface area contributed by atoms with Gasteiger partial charge in [0.2, 0.25) is 5.91 Å². The van der Waals surface area contributed by atoms with Gasteiger partial charge in [0.1, 0.15) is 17.9 Å². The Bertz CT molecular complexity index is 1070. The van der Waals surface area contributed by atoms with E-state index in [0.717, 1.165) is 10.5 Å². The Morgan fingerprint density at radius 2 is 1.70 bits per heavy atom. The average molecular weight is 455 g/mol. The van der Waals surface area contributed by atoms with Gasteiger partial charge in [-0.1, -0.05) is 24.3 Å². The molecule has 0 saturated carbocycles. The van der Waals surface area contributed by atoms with Gasteiger partial charge in [0.25, 0.3) is 11.8 Å². The summed E-state index contributed by atoms with van der Waals surface area (Å²) < 4.78 is 13.2. The van der Waals surface area contributed by atoms with E-state index in [4.69, 9.17) is 0 Å². The molecule has 174 valence electrons. The van der Waals surface area contributed by atoms with Crippen molar-refractivity contribution in [3.8, 4) is 0 Å². The fourth-order valence-electron chi connectivity index (χ4n) is 3.42. The molecule has 9 heteroatoms. The van der Waals surface area contributed by atoms with Crippen molar-refractivity contribution in [3.63, 3.8) is 0 Å². The molecule has 2 N–H and O–H groups in total. The summed E-state index contributed by atoms with van der Waals surface area (Å²) in [6.45, 7) is 5.09. The Balaban J connectivity index is 1.58.